The summed E-state index contributed by atoms with van der Waals surface area (Å²) in [5.74, 6) is 1.77. The Kier molecular flexibility index (Phi) is 6.87. The topological polar surface area (TPSA) is 60.2 Å². The van der Waals surface area contributed by atoms with Crippen LogP contribution in [0.5, 0.6) is 5.75 Å². The van der Waals surface area contributed by atoms with Crippen LogP contribution in [0.3, 0.4) is 0 Å². The summed E-state index contributed by atoms with van der Waals surface area (Å²) in [6, 6.07) is 27.3. The van der Waals surface area contributed by atoms with Gasteiger partial charge < -0.3 is 9.64 Å². The second-order valence-corrected chi connectivity index (χ2v) is 7.91. The zero-order chi connectivity index (χ0) is 22.3. The third kappa shape index (κ3) is 4.68. The van der Waals surface area contributed by atoms with E-state index in [1.54, 1.807) is 12.0 Å². The van der Waals surface area contributed by atoms with Gasteiger partial charge in [0.15, 0.2) is 11.0 Å². The van der Waals surface area contributed by atoms with Gasteiger partial charge in [-0.3, -0.25) is 9.36 Å². The van der Waals surface area contributed by atoms with Crippen LogP contribution in [0.4, 0.5) is 5.69 Å². The van der Waals surface area contributed by atoms with Gasteiger partial charge in [-0.25, -0.2) is 0 Å². The monoisotopic (exact) mass is 444 g/mol. The van der Waals surface area contributed by atoms with Gasteiger partial charge in [0.2, 0.25) is 5.91 Å². The summed E-state index contributed by atoms with van der Waals surface area (Å²) in [5, 5.41) is 9.52. The highest BCUT2D eigenvalue weighted by atomic mass is 32.2. The van der Waals surface area contributed by atoms with E-state index in [0.717, 1.165) is 28.5 Å². The number of carbonyl (C=O) groups excluding carboxylic acids is 1. The quantitative estimate of drug-likeness (QED) is 0.354. The third-order valence-corrected chi connectivity index (χ3v) is 5.92. The zero-order valence-electron chi connectivity index (χ0n) is 18.0. The number of amides is 1. The minimum absolute atomic E-state index is 0.0224. The number of ether oxygens (including phenoxy) is 1. The highest BCUT2D eigenvalue weighted by Gasteiger charge is 2.19. The van der Waals surface area contributed by atoms with E-state index in [1.807, 2.05) is 96.4 Å². The lowest BCUT2D eigenvalue weighted by Crippen LogP contribution is -2.32. The van der Waals surface area contributed by atoms with E-state index < -0.39 is 0 Å². The Balaban J connectivity index is 1.63. The first kappa shape index (κ1) is 21.6. The van der Waals surface area contributed by atoms with Gasteiger partial charge in [-0.2, -0.15) is 0 Å². The SMILES string of the molecule is CCN(C(=O)CSc1nnc(-c2ccccc2)n1-c1ccc(OC)cc1)c1ccccc1. The molecule has 0 aliphatic carbocycles. The van der Waals surface area contributed by atoms with Crippen LogP contribution >= 0.6 is 11.8 Å². The Hall–Kier alpha value is -3.58. The molecule has 0 aliphatic heterocycles. The fraction of sp³-hybridized carbons (Fsp3) is 0.160. The number of thioether (sulfide) groups is 1. The molecule has 0 N–H and O–H groups in total. The molecule has 1 aromatic heterocycles. The molecule has 0 spiro atoms. The first-order valence-electron chi connectivity index (χ1n) is 10.3. The molecule has 162 valence electrons. The number of hydrogen-bond donors (Lipinski definition) is 0. The highest BCUT2D eigenvalue weighted by molar-refractivity contribution is 7.99. The van der Waals surface area contributed by atoms with Crippen molar-refractivity contribution in [1.82, 2.24) is 14.8 Å². The fourth-order valence-electron chi connectivity index (χ4n) is 3.42. The molecule has 4 rings (SSSR count). The Morgan fingerprint density at radius 2 is 1.59 bits per heavy atom. The van der Waals surface area contributed by atoms with E-state index in [1.165, 1.54) is 11.8 Å². The molecule has 0 saturated heterocycles. The van der Waals surface area contributed by atoms with E-state index in [0.29, 0.717) is 11.7 Å². The maximum atomic E-state index is 13.0. The van der Waals surface area contributed by atoms with Crippen molar-refractivity contribution in [3.05, 3.63) is 84.9 Å². The average Bonchev–Trinajstić information content (AvgIpc) is 3.28. The van der Waals surface area contributed by atoms with Crippen molar-refractivity contribution < 1.29 is 9.53 Å². The Morgan fingerprint density at radius 3 is 2.22 bits per heavy atom. The van der Waals surface area contributed by atoms with E-state index in [-0.39, 0.29) is 11.7 Å². The lowest BCUT2D eigenvalue weighted by molar-refractivity contribution is -0.116. The Labute approximate surface area is 191 Å². The molecular formula is C25H24N4O2S. The van der Waals surface area contributed by atoms with Gasteiger partial charge in [-0.05, 0) is 43.3 Å². The molecular weight excluding hydrogens is 420 g/mol. The lowest BCUT2D eigenvalue weighted by atomic mass is 10.2. The first-order valence-corrected chi connectivity index (χ1v) is 11.3. The summed E-state index contributed by atoms with van der Waals surface area (Å²) in [4.78, 5) is 14.8. The number of para-hydroxylation sites is 1. The lowest BCUT2D eigenvalue weighted by Gasteiger charge is -2.20. The second-order valence-electron chi connectivity index (χ2n) is 6.97. The number of hydrogen-bond acceptors (Lipinski definition) is 5. The minimum atomic E-state index is 0.0224. The van der Waals surface area contributed by atoms with Crippen LogP contribution in [0.1, 0.15) is 6.92 Å². The van der Waals surface area contributed by atoms with Gasteiger partial charge in [0, 0.05) is 23.5 Å². The maximum Gasteiger partial charge on any atom is 0.237 e. The molecule has 1 heterocycles. The molecule has 3 aromatic carbocycles. The molecule has 7 heteroatoms. The normalized spacial score (nSPS) is 10.7. The molecule has 0 saturated carbocycles. The third-order valence-electron chi connectivity index (χ3n) is 5.01. The predicted octanol–water partition coefficient (Wildman–Crippen LogP) is 5.09. The van der Waals surface area contributed by atoms with Gasteiger partial charge >= 0.3 is 0 Å². The van der Waals surface area contributed by atoms with E-state index in [4.69, 9.17) is 4.74 Å². The predicted molar refractivity (Wildman–Crippen MR) is 129 cm³/mol. The largest absolute Gasteiger partial charge is 0.497 e. The smallest absolute Gasteiger partial charge is 0.237 e. The van der Waals surface area contributed by atoms with Crippen LogP contribution in [0.2, 0.25) is 0 Å². The van der Waals surface area contributed by atoms with E-state index in [9.17, 15) is 4.79 Å². The number of rotatable bonds is 8. The number of methoxy groups -OCH3 is 1. The summed E-state index contributed by atoms with van der Waals surface area (Å²) in [6.07, 6.45) is 0. The maximum absolute atomic E-state index is 13.0. The molecule has 0 radical (unpaired) electrons. The molecule has 6 nitrogen and oxygen atoms in total. The number of aromatic nitrogens is 3. The van der Waals surface area contributed by atoms with Crippen molar-refractivity contribution in [2.45, 2.75) is 12.1 Å². The molecule has 1 amide bonds. The summed E-state index contributed by atoms with van der Waals surface area (Å²) in [5.41, 5.74) is 2.75. The molecule has 0 atom stereocenters. The van der Waals surface area contributed by atoms with Crippen LogP contribution in [-0.2, 0) is 4.79 Å². The summed E-state index contributed by atoms with van der Waals surface area (Å²) < 4.78 is 7.27. The standard InChI is InChI=1S/C25H24N4O2S/c1-3-28(20-12-8-5-9-13-20)23(30)18-32-25-27-26-24(19-10-6-4-7-11-19)29(25)21-14-16-22(31-2)17-15-21/h4-17H,3,18H2,1-2H3. The molecule has 4 aromatic rings. The number of benzene rings is 3. The van der Waals surface area contributed by atoms with Crippen LogP contribution in [-0.4, -0.2) is 40.1 Å². The van der Waals surface area contributed by atoms with Gasteiger partial charge in [-0.15, -0.1) is 10.2 Å². The van der Waals surface area contributed by atoms with E-state index >= 15 is 0 Å². The summed E-state index contributed by atoms with van der Waals surface area (Å²) in [6.45, 7) is 2.58. The van der Waals surface area contributed by atoms with Gasteiger partial charge in [-0.1, -0.05) is 60.3 Å². The average molecular weight is 445 g/mol. The number of anilines is 1. The molecule has 32 heavy (non-hydrogen) atoms. The molecule has 0 bridgehead atoms. The van der Waals surface area contributed by atoms with Crippen molar-refractivity contribution in [2.75, 3.05) is 24.3 Å². The molecule has 0 aliphatic rings. The van der Waals surface area contributed by atoms with Crippen molar-refractivity contribution in [1.29, 1.82) is 0 Å². The Bertz CT molecular complexity index is 1160. The zero-order valence-corrected chi connectivity index (χ0v) is 18.8. The summed E-state index contributed by atoms with van der Waals surface area (Å²) in [7, 11) is 1.64. The molecule has 0 unspecified atom stereocenters. The highest BCUT2D eigenvalue weighted by Crippen LogP contribution is 2.29. The van der Waals surface area contributed by atoms with Crippen LogP contribution in [0, 0.1) is 0 Å². The van der Waals surface area contributed by atoms with Crippen molar-refractivity contribution in [3.63, 3.8) is 0 Å². The van der Waals surface area contributed by atoms with Gasteiger partial charge in [0.05, 0.1) is 12.9 Å². The van der Waals surface area contributed by atoms with Gasteiger partial charge in [0.25, 0.3) is 0 Å². The van der Waals surface area contributed by atoms with Crippen molar-refractivity contribution in [3.8, 4) is 22.8 Å². The minimum Gasteiger partial charge on any atom is -0.497 e. The Morgan fingerprint density at radius 1 is 0.938 bits per heavy atom. The van der Waals surface area contributed by atoms with Crippen molar-refractivity contribution in [2.24, 2.45) is 0 Å². The van der Waals surface area contributed by atoms with Crippen LogP contribution in [0.15, 0.2) is 90.1 Å². The first-order chi connectivity index (χ1) is 15.7. The van der Waals surface area contributed by atoms with Gasteiger partial charge in [0.1, 0.15) is 5.75 Å². The van der Waals surface area contributed by atoms with E-state index in [2.05, 4.69) is 10.2 Å². The molecule has 0 fully saturated rings. The fourth-order valence-corrected chi connectivity index (χ4v) is 4.24. The van der Waals surface area contributed by atoms with Crippen LogP contribution in [0.25, 0.3) is 17.1 Å². The second kappa shape index (κ2) is 10.2. The number of carbonyl (C=O) groups is 1. The van der Waals surface area contributed by atoms with Crippen LogP contribution < -0.4 is 9.64 Å². The van der Waals surface area contributed by atoms with Crippen molar-refractivity contribution >= 4 is 23.4 Å². The summed E-state index contributed by atoms with van der Waals surface area (Å²) >= 11 is 1.38. The number of nitrogens with zero attached hydrogens (tertiary/aromatic N) is 4.